The molecule has 10 nitrogen and oxygen atoms in total. The number of carbonyl (C=O) groups excluding carboxylic acids is 1. The van der Waals surface area contributed by atoms with Crippen LogP contribution in [0.4, 0.5) is 15.8 Å². The summed E-state index contributed by atoms with van der Waals surface area (Å²) in [6, 6.07) is 8.40. The number of benzene rings is 2. The zero-order valence-electron chi connectivity index (χ0n) is 20.8. The topological polar surface area (TPSA) is 116 Å². The van der Waals surface area contributed by atoms with Gasteiger partial charge in [-0.3, -0.25) is 4.79 Å². The molecule has 1 N–H and O–H groups in total. The van der Waals surface area contributed by atoms with Crippen molar-refractivity contribution in [2.45, 2.75) is 16.7 Å². The summed E-state index contributed by atoms with van der Waals surface area (Å²) in [5, 5.41) is 0. The van der Waals surface area contributed by atoms with Crippen LogP contribution < -0.4 is 14.5 Å². The third kappa shape index (κ3) is 6.06. The number of ether oxygens (including phenoxy) is 1. The van der Waals surface area contributed by atoms with Crippen LogP contribution >= 0.6 is 0 Å². The van der Waals surface area contributed by atoms with Crippen molar-refractivity contribution in [3.8, 4) is 0 Å². The summed E-state index contributed by atoms with van der Waals surface area (Å²) in [5.41, 5.74) is 1.21. The molecule has 13 heteroatoms. The molecule has 0 atom stereocenters. The van der Waals surface area contributed by atoms with Gasteiger partial charge in [0.05, 0.1) is 34.3 Å². The van der Waals surface area contributed by atoms with Gasteiger partial charge in [0.25, 0.3) is 5.91 Å². The summed E-state index contributed by atoms with van der Waals surface area (Å²) in [7, 11) is -7.29. The van der Waals surface area contributed by atoms with Gasteiger partial charge >= 0.3 is 0 Å². The van der Waals surface area contributed by atoms with Crippen LogP contribution in [-0.4, -0.2) is 92.9 Å². The Morgan fingerprint density at radius 2 is 1.49 bits per heavy atom. The molecule has 0 aliphatic carbocycles. The Kier molecular flexibility index (Phi) is 8.07. The summed E-state index contributed by atoms with van der Waals surface area (Å²) < 4.78 is 71.3. The van der Waals surface area contributed by atoms with Crippen molar-refractivity contribution in [1.82, 2.24) is 9.62 Å². The molecule has 37 heavy (non-hydrogen) atoms. The van der Waals surface area contributed by atoms with Crippen LogP contribution in [-0.2, 0) is 24.6 Å². The minimum Gasteiger partial charge on any atom is -0.378 e. The van der Waals surface area contributed by atoms with Gasteiger partial charge in [0.15, 0.2) is 9.84 Å². The molecule has 2 saturated heterocycles. The Labute approximate surface area is 217 Å². The van der Waals surface area contributed by atoms with Crippen molar-refractivity contribution in [1.29, 1.82) is 0 Å². The monoisotopic (exact) mass is 554 g/mol. The van der Waals surface area contributed by atoms with E-state index in [4.69, 9.17) is 4.74 Å². The number of sulfone groups is 1. The fraction of sp³-hybridized carbons (Fsp3) is 0.458. The molecule has 2 fully saturated rings. The molecular weight excluding hydrogens is 523 g/mol. The second kappa shape index (κ2) is 10.9. The van der Waals surface area contributed by atoms with Crippen molar-refractivity contribution in [2.24, 2.45) is 0 Å². The van der Waals surface area contributed by atoms with Crippen LogP contribution in [0, 0.1) is 5.82 Å². The van der Waals surface area contributed by atoms with E-state index < -0.39 is 25.7 Å². The van der Waals surface area contributed by atoms with Crippen LogP contribution in [0.25, 0.3) is 0 Å². The number of sulfonamides is 1. The molecule has 2 aromatic rings. The van der Waals surface area contributed by atoms with Crippen LogP contribution in [0.3, 0.4) is 0 Å². The maximum absolute atomic E-state index is 14.7. The van der Waals surface area contributed by atoms with E-state index in [2.05, 4.69) is 4.72 Å². The quantitative estimate of drug-likeness (QED) is 0.545. The van der Waals surface area contributed by atoms with Gasteiger partial charge in [-0.25, -0.2) is 25.9 Å². The maximum atomic E-state index is 14.7. The highest BCUT2D eigenvalue weighted by Gasteiger charge is 2.29. The number of anilines is 2. The molecule has 4 rings (SSSR count). The maximum Gasteiger partial charge on any atom is 0.256 e. The van der Waals surface area contributed by atoms with Crippen LogP contribution in [0.2, 0.25) is 0 Å². The highest BCUT2D eigenvalue weighted by molar-refractivity contribution is 7.90. The molecule has 202 valence electrons. The van der Waals surface area contributed by atoms with Gasteiger partial charge in [0.2, 0.25) is 10.0 Å². The van der Waals surface area contributed by atoms with Gasteiger partial charge in [-0.2, -0.15) is 0 Å². The highest BCUT2D eigenvalue weighted by Crippen LogP contribution is 2.28. The summed E-state index contributed by atoms with van der Waals surface area (Å²) >= 11 is 0. The average molecular weight is 555 g/mol. The third-order valence-electron chi connectivity index (χ3n) is 6.45. The zero-order valence-corrected chi connectivity index (χ0v) is 22.4. The van der Waals surface area contributed by atoms with Crippen LogP contribution in [0.5, 0.6) is 0 Å². The minimum absolute atomic E-state index is 0.0152. The van der Waals surface area contributed by atoms with Gasteiger partial charge in [-0.05, 0) is 36.4 Å². The number of piperazine rings is 1. The number of nitrogens with one attached hydrogen (secondary N) is 1. The molecule has 2 aliphatic heterocycles. The number of carbonyl (C=O) groups is 1. The van der Waals surface area contributed by atoms with Gasteiger partial charge in [-0.1, -0.05) is 6.92 Å². The normalized spacial score (nSPS) is 17.2. The molecule has 2 heterocycles. The Morgan fingerprint density at radius 3 is 2.08 bits per heavy atom. The first-order chi connectivity index (χ1) is 17.5. The van der Waals surface area contributed by atoms with E-state index >= 15 is 0 Å². The molecule has 0 spiro atoms. The fourth-order valence-corrected chi connectivity index (χ4v) is 6.20. The molecule has 2 aromatic carbocycles. The predicted octanol–water partition coefficient (Wildman–Crippen LogP) is 1.33. The molecular formula is C24H31FN4O6S2. The van der Waals surface area contributed by atoms with Crippen molar-refractivity contribution < 1.29 is 30.8 Å². The first-order valence-corrected chi connectivity index (χ1v) is 15.4. The van der Waals surface area contributed by atoms with Gasteiger partial charge in [-0.15, -0.1) is 0 Å². The van der Waals surface area contributed by atoms with Gasteiger partial charge in [0, 0.05) is 57.8 Å². The number of hydrogen-bond donors (Lipinski definition) is 1. The molecule has 0 unspecified atom stereocenters. The molecule has 2 aliphatic rings. The second-order valence-electron chi connectivity index (χ2n) is 8.94. The minimum atomic E-state index is -3.76. The molecule has 1 amide bonds. The Bertz CT molecular complexity index is 1370. The van der Waals surface area contributed by atoms with Crippen molar-refractivity contribution in [3.05, 3.63) is 47.8 Å². The van der Waals surface area contributed by atoms with E-state index in [0.29, 0.717) is 58.2 Å². The Hall–Kier alpha value is -2.74. The van der Waals surface area contributed by atoms with E-state index in [1.807, 2.05) is 4.90 Å². The number of morpholine rings is 1. The molecule has 0 saturated carbocycles. The second-order valence-corrected chi connectivity index (χ2v) is 12.7. The standard InChI is InChI=1S/C24H31FN4O6S2/c1-3-26-37(33,34)19-5-6-22(28-12-14-35-15-13-28)20(16-19)24(30)29-10-8-27(9-11-29)23-7-4-18(17-21(23)25)36(2,31)32/h4-7,16-17,26H,3,8-15H2,1-2H3. The first kappa shape index (κ1) is 27.3. The molecule has 0 bridgehead atoms. The third-order valence-corrected chi connectivity index (χ3v) is 9.10. The lowest BCUT2D eigenvalue weighted by Crippen LogP contribution is -2.49. The summed E-state index contributed by atoms with van der Waals surface area (Å²) in [5.74, 6) is -0.943. The zero-order chi connectivity index (χ0) is 26.8. The highest BCUT2D eigenvalue weighted by atomic mass is 32.2. The Balaban J connectivity index is 1.56. The fourth-order valence-electron chi connectivity index (χ4n) is 4.50. The number of hydrogen-bond acceptors (Lipinski definition) is 8. The van der Waals surface area contributed by atoms with Gasteiger partial charge < -0.3 is 19.4 Å². The largest absolute Gasteiger partial charge is 0.378 e. The summed E-state index contributed by atoms with van der Waals surface area (Å²) in [6.45, 7) is 5.33. The smallest absolute Gasteiger partial charge is 0.256 e. The predicted molar refractivity (Wildman–Crippen MR) is 138 cm³/mol. The average Bonchev–Trinajstić information content (AvgIpc) is 2.88. The SMILES string of the molecule is CCNS(=O)(=O)c1ccc(N2CCOCC2)c(C(=O)N2CCN(c3ccc(S(C)(=O)=O)cc3F)CC2)c1. The Morgan fingerprint density at radius 1 is 0.892 bits per heavy atom. The van der Waals surface area contributed by atoms with Crippen molar-refractivity contribution in [2.75, 3.05) is 75.1 Å². The summed E-state index contributed by atoms with van der Waals surface area (Å²) in [4.78, 5) is 19.0. The molecule has 0 radical (unpaired) electrons. The van der Waals surface area contributed by atoms with Crippen molar-refractivity contribution >= 4 is 37.1 Å². The van der Waals surface area contributed by atoms with E-state index in [1.54, 1.807) is 22.8 Å². The lowest BCUT2D eigenvalue weighted by Gasteiger charge is -2.37. The molecule has 0 aromatic heterocycles. The van der Waals surface area contributed by atoms with Crippen LogP contribution in [0.1, 0.15) is 17.3 Å². The first-order valence-electron chi connectivity index (χ1n) is 12.0. The van der Waals surface area contributed by atoms with E-state index in [-0.39, 0.29) is 33.5 Å². The number of amides is 1. The number of rotatable bonds is 7. The summed E-state index contributed by atoms with van der Waals surface area (Å²) in [6.07, 6.45) is 1.02. The van der Waals surface area contributed by atoms with E-state index in [9.17, 15) is 26.0 Å². The van der Waals surface area contributed by atoms with E-state index in [0.717, 1.165) is 12.3 Å². The van der Waals surface area contributed by atoms with Crippen LogP contribution in [0.15, 0.2) is 46.2 Å². The van der Waals surface area contributed by atoms with E-state index in [1.165, 1.54) is 24.3 Å². The van der Waals surface area contributed by atoms with Gasteiger partial charge in [0.1, 0.15) is 5.82 Å². The number of halogens is 1. The lowest BCUT2D eigenvalue weighted by atomic mass is 10.1. The van der Waals surface area contributed by atoms with Crippen molar-refractivity contribution in [3.63, 3.8) is 0 Å². The lowest BCUT2D eigenvalue weighted by molar-refractivity contribution is 0.0745. The number of nitrogens with zero attached hydrogens (tertiary/aromatic N) is 3.